The molecule has 1 N–H and O–H groups in total. The van der Waals surface area contributed by atoms with Gasteiger partial charge >= 0.3 is 11.9 Å². The van der Waals surface area contributed by atoms with E-state index in [1.807, 2.05) is 0 Å². The smallest absolute Gasteiger partial charge is 0.306 e. The average Bonchev–Trinajstić information content (AvgIpc) is 3.44. The Labute approximate surface area is 479 Å². The number of hydrogen-bond acceptors (Lipinski definition) is 5. The average molecular weight is 1070 g/mol. The lowest BCUT2D eigenvalue weighted by atomic mass is 10.0. The second-order valence-electron chi connectivity index (χ2n) is 19.7. The number of carbonyl (C=O) groups is 2. The fourth-order valence-corrected chi connectivity index (χ4v) is 7.82. The van der Waals surface area contributed by atoms with E-state index in [2.05, 4.69) is 208 Å². The van der Waals surface area contributed by atoms with Crippen LogP contribution in [-0.2, 0) is 19.1 Å². The molecule has 1 atom stereocenters. The number of allylic oxidation sites excluding steroid dienone is 32. The van der Waals surface area contributed by atoms with Gasteiger partial charge in [0.15, 0.2) is 6.10 Å². The Balaban J connectivity index is 3.65. The van der Waals surface area contributed by atoms with Crippen LogP contribution >= 0.6 is 0 Å². The van der Waals surface area contributed by atoms with Gasteiger partial charge < -0.3 is 14.6 Å². The molecule has 0 aromatic heterocycles. The number of aliphatic hydroxyl groups is 1. The molecule has 0 spiro atoms. The van der Waals surface area contributed by atoms with E-state index < -0.39 is 6.10 Å². The van der Waals surface area contributed by atoms with Crippen molar-refractivity contribution >= 4 is 11.9 Å². The van der Waals surface area contributed by atoms with E-state index in [4.69, 9.17) is 9.47 Å². The highest BCUT2D eigenvalue weighted by molar-refractivity contribution is 5.70. The van der Waals surface area contributed by atoms with E-state index >= 15 is 0 Å². The van der Waals surface area contributed by atoms with Gasteiger partial charge in [-0.3, -0.25) is 9.59 Å². The van der Waals surface area contributed by atoms with Crippen LogP contribution in [0.2, 0.25) is 0 Å². The fraction of sp³-hybridized carbons (Fsp3) is 0.534. The summed E-state index contributed by atoms with van der Waals surface area (Å²) in [6.45, 7) is 3.87. The van der Waals surface area contributed by atoms with Gasteiger partial charge in [-0.05, 0) is 141 Å². The molecule has 0 heterocycles. The predicted octanol–water partition coefficient (Wildman–Crippen LogP) is 21.6. The number of hydrogen-bond donors (Lipinski definition) is 1. The normalized spacial score (nSPS) is 13.6. The number of carbonyl (C=O) groups excluding carboxylic acids is 2. The zero-order chi connectivity index (χ0) is 56.2. The molecule has 0 aliphatic rings. The topological polar surface area (TPSA) is 72.8 Å². The molecular weight excluding hydrogens is 957 g/mol. The van der Waals surface area contributed by atoms with Crippen molar-refractivity contribution in [3.8, 4) is 0 Å². The number of ether oxygens (including phenoxy) is 2. The van der Waals surface area contributed by atoms with Gasteiger partial charge in [0.25, 0.3) is 0 Å². The Morgan fingerprint density at radius 1 is 0.295 bits per heavy atom. The van der Waals surface area contributed by atoms with Crippen molar-refractivity contribution in [2.75, 3.05) is 13.2 Å². The standard InChI is InChI=1S/C73H112O5/c1-3-5-7-9-11-13-15-17-19-21-23-25-27-29-31-33-34-35-36-37-38-40-42-44-46-48-50-52-54-56-58-60-62-64-66-68-73(76)78-71(69-74)70-77-72(75)67-65-63-61-59-57-55-53-51-49-47-45-43-41-39-32-30-28-26-24-22-20-18-16-14-12-10-8-6-4-2/h5-8,11-14,17-20,23-26,29-32,34-35,37-38,41-44,47,49,53,55,71,74H,3-4,9-10,15-16,21-22,27-28,33,36,39-40,45-46,48,50-52,54,56-70H2,1-2H3/b7-5-,8-6-,13-11-,14-12-,19-17-,20-18-,25-23-,26-24-,31-29-,32-30-,35-34-,38-37-,43-41-,44-42-,49-47-,55-53-. The van der Waals surface area contributed by atoms with Gasteiger partial charge in [0.05, 0.1) is 6.61 Å². The molecule has 0 saturated carbocycles. The van der Waals surface area contributed by atoms with Crippen LogP contribution in [-0.4, -0.2) is 36.4 Å². The summed E-state index contributed by atoms with van der Waals surface area (Å²) in [7, 11) is 0. The number of aliphatic hydroxyl groups excluding tert-OH is 1. The third-order valence-corrected chi connectivity index (χ3v) is 12.4. The highest BCUT2D eigenvalue weighted by Gasteiger charge is 2.16. The number of unbranched alkanes of at least 4 members (excludes halogenated alkanes) is 14. The van der Waals surface area contributed by atoms with Crippen molar-refractivity contribution in [1.82, 2.24) is 0 Å². The Hall–Kier alpha value is -5.26. The molecule has 0 aliphatic carbocycles. The Kier molecular flexibility index (Phi) is 61.6. The second kappa shape index (κ2) is 66.0. The van der Waals surface area contributed by atoms with Crippen LogP contribution < -0.4 is 0 Å². The van der Waals surface area contributed by atoms with E-state index in [-0.39, 0.29) is 25.2 Å². The Morgan fingerprint density at radius 2 is 0.513 bits per heavy atom. The van der Waals surface area contributed by atoms with Gasteiger partial charge in [-0.2, -0.15) is 0 Å². The third kappa shape index (κ3) is 63.3. The summed E-state index contributed by atoms with van der Waals surface area (Å²) in [6, 6.07) is 0. The van der Waals surface area contributed by atoms with E-state index in [1.54, 1.807) is 0 Å². The van der Waals surface area contributed by atoms with E-state index in [1.165, 1.54) is 51.4 Å². The first kappa shape index (κ1) is 72.7. The first-order valence-corrected chi connectivity index (χ1v) is 31.0. The van der Waals surface area contributed by atoms with Crippen molar-refractivity contribution in [2.24, 2.45) is 0 Å². The van der Waals surface area contributed by atoms with Crippen LogP contribution in [0, 0.1) is 0 Å². The number of esters is 2. The van der Waals surface area contributed by atoms with Crippen LogP contribution in [0.4, 0.5) is 0 Å². The Bertz CT molecular complexity index is 1830. The largest absolute Gasteiger partial charge is 0.462 e. The first-order valence-electron chi connectivity index (χ1n) is 31.0. The maximum absolute atomic E-state index is 12.3. The molecule has 78 heavy (non-hydrogen) atoms. The van der Waals surface area contributed by atoms with Crippen molar-refractivity contribution < 1.29 is 24.2 Å². The lowest BCUT2D eigenvalue weighted by Gasteiger charge is -2.15. The molecule has 0 aliphatic heterocycles. The molecule has 0 saturated heterocycles. The lowest BCUT2D eigenvalue weighted by molar-refractivity contribution is -0.161. The summed E-state index contributed by atoms with van der Waals surface area (Å²) >= 11 is 0. The van der Waals surface area contributed by atoms with Crippen molar-refractivity contribution in [3.63, 3.8) is 0 Å². The maximum Gasteiger partial charge on any atom is 0.306 e. The highest BCUT2D eigenvalue weighted by atomic mass is 16.6. The minimum absolute atomic E-state index is 0.0944. The van der Waals surface area contributed by atoms with Crippen molar-refractivity contribution in [2.45, 2.75) is 238 Å². The maximum atomic E-state index is 12.3. The summed E-state index contributed by atoms with van der Waals surface area (Å²) in [5.74, 6) is -0.639. The van der Waals surface area contributed by atoms with Gasteiger partial charge in [-0.15, -0.1) is 0 Å². The summed E-state index contributed by atoms with van der Waals surface area (Å²) in [4.78, 5) is 24.6. The van der Waals surface area contributed by atoms with E-state index in [9.17, 15) is 14.7 Å². The van der Waals surface area contributed by atoms with Gasteiger partial charge in [0.1, 0.15) is 6.61 Å². The zero-order valence-corrected chi connectivity index (χ0v) is 49.6. The SMILES string of the molecule is CC/C=C\C/C=C\C/C=C\C/C=C\C/C=C\C/C=C\C/C=C\C/C=C\CCCCCCCCCCCCC(=O)OC(CO)COC(=O)CCCCCC/C=C\C/C=C\C/C=C\C/C=C\C/C=C\C/C=C\C/C=C\C/C=C\CC. The molecule has 0 aromatic carbocycles. The molecule has 0 radical (unpaired) electrons. The van der Waals surface area contributed by atoms with Crippen molar-refractivity contribution in [3.05, 3.63) is 194 Å². The lowest BCUT2D eigenvalue weighted by Crippen LogP contribution is -2.28. The molecule has 0 rings (SSSR count). The zero-order valence-electron chi connectivity index (χ0n) is 49.6. The summed E-state index contributed by atoms with van der Waals surface area (Å²) in [6.07, 6.45) is 105. The minimum atomic E-state index is -0.803. The van der Waals surface area contributed by atoms with Crippen LogP contribution in [0.3, 0.4) is 0 Å². The van der Waals surface area contributed by atoms with Crippen LogP contribution in [0.1, 0.15) is 232 Å². The molecule has 0 fully saturated rings. The van der Waals surface area contributed by atoms with Gasteiger partial charge in [-0.1, -0.05) is 272 Å². The molecule has 5 heteroatoms. The molecule has 0 bridgehead atoms. The minimum Gasteiger partial charge on any atom is -0.462 e. The fourth-order valence-electron chi connectivity index (χ4n) is 7.82. The van der Waals surface area contributed by atoms with Crippen LogP contribution in [0.15, 0.2) is 194 Å². The first-order chi connectivity index (χ1) is 38.6. The Morgan fingerprint density at radius 3 is 0.769 bits per heavy atom. The quantitative estimate of drug-likeness (QED) is 0.0373. The van der Waals surface area contributed by atoms with Crippen LogP contribution in [0.5, 0.6) is 0 Å². The summed E-state index contributed by atoms with van der Waals surface area (Å²) < 4.78 is 10.7. The molecule has 5 nitrogen and oxygen atoms in total. The molecule has 434 valence electrons. The van der Waals surface area contributed by atoms with Gasteiger partial charge in [0, 0.05) is 12.8 Å². The molecule has 0 aromatic rings. The summed E-state index contributed by atoms with van der Waals surface area (Å²) in [5.41, 5.74) is 0. The molecule has 0 amide bonds. The van der Waals surface area contributed by atoms with Crippen molar-refractivity contribution in [1.29, 1.82) is 0 Å². The number of rotatable bonds is 54. The monoisotopic (exact) mass is 1070 g/mol. The predicted molar refractivity (Wildman–Crippen MR) is 342 cm³/mol. The van der Waals surface area contributed by atoms with E-state index in [0.29, 0.717) is 12.8 Å². The van der Waals surface area contributed by atoms with E-state index in [0.717, 1.165) is 154 Å². The summed E-state index contributed by atoms with van der Waals surface area (Å²) in [5, 5.41) is 9.68. The van der Waals surface area contributed by atoms with Gasteiger partial charge in [-0.25, -0.2) is 0 Å². The highest BCUT2D eigenvalue weighted by Crippen LogP contribution is 2.14. The molecule has 1 unspecified atom stereocenters. The third-order valence-electron chi connectivity index (χ3n) is 12.4. The second-order valence-corrected chi connectivity index (χ2v) is 19.7. The van der Waals surface area contributed by atoms with Gasteiger partial charge in [0.2, 0.25) is 0 Å². The molecular formula is C73H112O5. The van der Waals surface area contributed by atoms with Crippen LogP contribution in [0.25, 0.3) is 0 Å².